The fraction of sp³-hybridized carbons (Fsp3) is 0.500. The van der Waals surface area contributed by atoms with Crippen LogP contribution in [0, 0.1) is 5.92 Å². The van der Waals surface area contributed by atoms with Crippen LogP contribution in [0.15, 0.2) is 35.3 Å². The number of benzene rings is 1. The summed E-state index contributed by atoms with van der Waals surface area (Å²) in [6.07, 6.45) is -1.23. The third kappa shape index (κ3) is 9.08. The van der Waals surface area contributed by atoms with Crippen molar-refractivity contribution in [3.05, 3.63) is 35.9 Å². The fourth-order valence-electron chi connectivity index (χ4n) is 2.54. The molecule has 11 heteroatoms. The maximum absolute atomic E-state index is 12.7. The van der Waals surface area contributed by atoms with E-state index in [0.29, 0.717) is 6.42 Å². The zero-order valence-corrected chi connectivity index (χ0v) is 17.4. The minimum atomic E-state index is -4.51. The van der Waals surface area contributed by atoms with Gasteiger partial charge in [0, 0.05) is 19.4 Å². The SMILES string of the molecule is CC(C)[C@@H](NC(=O)CCc1ccccc1)P(=O)(O)OC(CCN=C(N)N)C(=O)O. The standard InChI is InChI=1S/C18H29N4O6P/c1-12(2)16(22-15(23)9-8-13-6-4-3-5-7-13)29(26,27)28-14(17(24)25)10-11-21-18(19)20/h3-7,12,14,16H,8-11H2,1-2H3,(H,22,23)(H,24,25)(H,26,27)(H4,19,20,21)/t14?,16-/m0/s1. The Bertz CT molecular complexity index is 752. The molecule has 3 atom stereocenters. The number of guanidine groups is 1. The summed E-state index contributed by atoms with van der Waals surface area (Å²) < 4.78 is 17.8. The van der Waals surface area contributed by atoms with Gasteiger partial charge in [-0.05, 0) is 17.9 Å². The van der Waals surface area contributed by atoms with Crippen LogP contribution in [0.4, 0.5) is 0 Å². The number of hydrogen-bond acceptors (Lipinski definition) is 5. The molecule has 7 N–H and O–H groups in total. The number of carbonyl (C=O) groups is 2. The summed E-state index contributed by atoms with van der Waals surface area (Å²) in [7, 11) is -4.51. The Morgan fingerprint density at radius 2 is 1.86 bits per heavy atom. The molecule has 162 valence electrons. The number of nitrogens with two attached hydrogens (primary N) is 2. The topological polar surface area (TPSA) is 177 Å². The number of rotatable bonds is 12. The number of aryl methyl sites for hydroxylation is 1. The number of carboxylic acid groups (broad SMARTS) is 1. The van der Waals surface area contributed by atoms with Gasteiger partial charge < -0.3 is 26.8 Å². The molecule has 0 saturated heterocycles. The molecule has 0 spiro atoms. The monoisotopic (exact) mass is 428 g/mol. The minimum absolute atomic E-state index is 0.0882. The van der Waals surface area contributed by atoms with Crippen LogP contribution in [0.3, 0.4) is 0 Å². The molecule has 0 aliphatic heterocycles. The van der Waals surface area contributed by atoms with Gasteiger partial charge in [0.25, 0.3) is 0 Å². The number of nitrogens with zero attached hydrogens (tertiary/aromatic N) is 1. The largest absolute Gasteiger partial charge is 0.479 e. The normalized spacial score (nSPS) is 15.2. The first kappa shape index (κ1) is 24.6. The van der Waals surface area contributed by atoms with Crippen LogP contribution < -0.4 is 16.8 Å². The quantitative estimate of drug-likeness (QED) is 0.186. The molecule has 1 rings (SSSR count). The van der Waals surface area contributed by atoms with Crippen molar-refractivity contribution in [1.29, 1.82) is 0 Å². The Labute approximate surface area is 169 Å². The van der Waals surface area contributed by atoms with Crippen LogP contribution in [0.25, 0.3) is 0 Å². The minimum Gasteiger partial charge on any atom is -0.479 e. The lowest BCUT2D eigenvalue weighted by Crippen LogP contribution is -2.40. The summed E-state index contributed by atoms with van der Waals surface area (Å²) in [5.74, 6) is -3.82. The first-order valence-corrected chi connectivity index (χ1v) is 10.8. The second kappa shape index (κ2) is 11.5. The third-order valence-corrected chi connectivity index (χ3v) is 6.00. The van der Waals surface area contributed by atoms with Crippen molar-refractivity contribution in [2.45, 2.75) is 45.0 Å². The van der Waals surface area contributed by atoms with Crippen LogP contribution in [-0.2, 0) is 25.1 Å². The first-order valence-electron chi connectivity index (χ1n) is 9.15. The van der Waals surface area contributed by atoms with Gasteiger partial charge in [0.15, 0.2) is 12.1 Å². The molecule has 0 aromatic heterocycles. The third-order valence-electron chi connectivity index (χ3n) is 4.01. The zero-order chi connectivity index (χ0) is 22.0. The highest BCUT2D eigenvalue weighted by Crippen LogP contribution is 2.50. The highest BCUT2D eigenvalue weighted by atomic mass is 31.2. The summed E-state index contributed by atoms with van der Waals surface area (Å²) in [5.41, 5.74) is 11.3. The second-order valence-electron chi connectivity index (χ2n) is 6.83. The average molecular weight is 428 g/mol. The van der Waals surface area contributed by atoms with E-state index in [-0.39, 0.29) is 25.3 Å². The molecule has 1 amide bonds. The zero-order valence-electron chi connectivity index (χ0n) is 16.5. The van der Waals surface area contributed by atoms with Crippen molar-refractivity contribution in [1.82, 2.24) is 5.32 Å². The maximum atomic E-state index is 12.7. The predicted octanol–water partition coefficient (Wildman–Crippen LogP) is 1.04. The van der Waals surface area contributed by atoms with Gasteiger partial charge in [0.05, 0.1) is 0 Å². The van der Waals surface area contributed by atoms with Crippen LogP contribution in [-0.4, -0.2) is 46.3 Å². The van der Waals surface area contributed by atoms with E-state index in [1.807, 2.05) is 30.3 Å². The summed E-state index contributed by atoms with van der Waals surface area (Å²) in [4.78, 5) is 37.7. The van der Waals surface area contributed by atoms with E-state index in [9.17, 15) is 24.2 Å². The molecule has 0 bridgehead atoms. The van der Waals surface area contributed by atoms with Gasteiger partial charge in [-0.3, -0.25) is 18.9 Å². The molecule has 1 aromatic carbocycles. The van der Waals surface area contributed by atoms with Gasteiger partial charge in [-0.25, -0.2) is 4.79 Å². The van der Waals surface area contributed by atoms with Crippen LogP contribution in [0.1, 0.15) is 32.3 Å². The number of carbonyl (C=O) groups excluding carboxylic acids is 1. The smallest absolute Gasteiger partial charge is 0.351 e. The van der Waals surface area contributed by atoms with Crippen molar-refractivity contribution in [3.63, 3.8) is 0 Å². The molecule has 0 saturated carbocycles. The van der Waals surface area contributed by atoms with E-state index in [1.54, 1.807) is 13.8 Å². The van der Waals surface area contributed by atoms with Crippen LogP contribution >= 0.6 is 7.60 Å². The van der Waals surface area contributed by atoms with Gasteiger partial charge in [0.1, 0.15) is 5.78 Å². The molecular formula is C18H29N4O6P. The second-order valence-corrected chi connectivity index (χ2v) is 8.73. The lowest BCUT2D eigenvalue weighted by molar-refractivity contribution is -0.145. The summed E-state index contributed by atoms with van der Waals surface area (Å²) in [5, 5.41) is 11.8. The van der Waals surface area contributed by atoms with Gasteiger partial charge in [-0.2, -0.15) is 0 Å². The highest BCUT2D eigenvalue weighted by molar-refractivity contribution is 7.53. The van der Waals surface area contributed by atoms with Crippen molar-refractivity contribution in [2.75, 3.05) is 6.54 Å². The van der Waals surface area contributed by atoms with E-state index >= 15 is 0 Å². The number of hydrogen-bond donors (Lipinski definition) is 5. The number of amides is 1. The van der Waals surface area contributed by atoms with Gasteiger partial charge in [-0.15, -0.1) is 0 Å². The van der Waals surface area contributed by atoms with Crippen molar-refractivity contribution < 1.29 is 28.7 Å². The predicted molar refractivity (Wildman–Crippen MR) is 109 cm³/mol. The van der Waals surface area contributed by atoms with Gasteiger partial charge >= 0.3 is 13.6 Å². The Morgan fingerprint density at radius 3 is 2.38 bits per heavy atom. The van der Waals surface area contributed by atoms with Gasteiger partial charge in [-0.1, -0.05) is 44.2 Å². The summed E-state index contributed by atoms with van der Waals surface area (Å²) >= 11 is 0. The van der Waals surface area contributed by atoms with Crippen molar-refractivity contribution >= 4 is 25.4 Å². The average Bonchev–Trinajstić information content (AvgIpc) is 2.63. The number of aliphatic imine (C=N–C) groups is 1. The Balaban J connectivity index is 2.77. The van der Waals surface area contributed by atoms with E-state index in [0.717, 1.165) is 5.56 Å². The molecule has 0 aliphatic rings. The Hall–Kier alpha value is -2.42. The number of nitrogens with one attached hydrogen (secondary N) is 1. The lowest BCUT2D eigenvalue weighted by Gasteiger charge is -2.28. The lowest BCUT2D eigenvalue weighted by atomic mass is 10.1. The molecule has 1 aromatic rings. The molecule has 0 heterocycles. The first-order chi connectivity index (χ1) is 13.5. The number of aliphatic carboxylic acids is 1. The molecule has 10 nitrogen and oxygen atoms in total. The molecule has 0 fully saturated rings. The Kier molecular flexibility index (Phi) is 9.80. The van der Waals surface area contributed by atoms with E-state index < -0.39 is 37.3 Å². The highest BCUT2D eigenvalue weighted by Gasteiger charge is 2.40. The molecule has 0 aliphatic carbocycles. The van der Waals surface area contributed by atoms with Crippen LogP contribution in [0.5, 0.6) is 0 Å². The van der Waals surface area contributed by atoms with Crippen LogP contribution in [0.2, 0.25) is 0 Å². The van der Waals surface area contributed by atoms with E-state index in [2.05, 4.69) is 10.3 Å². The fourth-order valence-corrected chi connectivity index (χ4v) is 4.30. The van der Waals surface area contributed by atoms with E-state index in [4.69, 9.17) is 16.0 Å². The molecule has 2 unspecified atom stereocenters. The Morgan fingerprint density at radius 1 is 1.24 bits per heavy atom. The van der Waals surface area contributed by atoms with Gasteiger partial charge in [0.2, 0.25) is 5.91 Å². The van der Waals surface area contributed by atoms with Crippen molar-refractivity contribution in [2.24, 2.45) is 22.4 Å². The molecular weight excluding hydrogens is 399 g/mol. The summed E-state index contributed by atoms with van der Waals surface area (Å²) in [6.45, 7) is 3.17. The molecule has 0 radical (unpaired) electrons. The van der Waals surface area contributed by atoms with Crippen molar-refractivity contribution in [3.8, 4) is 0 Å². The number of carboxylic acids is 1. The molecule has 29 heavy (non-hydrogen) atoms. The summed E-state index contributed by atoms with van der Waals surface area (Å²) in [6, 6.07) is 9.33. The maximum Gasteiger partial charge on any atom is 0.351 e. The van der Waals surface area contributed by atoms with E-state index in [1.165, 1.54) is 0 Å².